The molecule has 1 aromatic heterocycles. The van der Waals surface area contributed by atoms with Crippen LogP contribution in [0.5, 0.6) is 0 Å². The summed E-state index contributed by atoms with van der Waals surface area (Å²) in [7, 11) is 0. The summed E-state index contributed by atoms with van der Waals surface area (Å²) < 4.78 is 5.18. The maximum Gasteiger partial charge on any atom is 0.257 e. The van der Waals surface area contributed by atoms with Crippen molar-refractivity contribution in [2.75, 3.05) is 5.32 Å². The van der Waals surface area contributed by atoms with E-state index >= 15 is 0 Å². The molecule has 0 aliphatic rings. The molecule has 19 heavy (non-hydrogen) atoms. The standard InChI is InChI=1S/C14H9ClN2O2/c15-11-4-2-1-3-10(11)14(18)17-9-5-6-12-13(7-9)19-8-16-12/h1-8H,(H,17,18). The molecular formula is C14H9ClN2O2. The van der Waals surface area contributed by atoms with Crippen molar-refractivity contribution in [1.29, 1.82) is 0 Å². The number of nitrogens with zero attached hydrogens (tertiary/aromatic N) is 1. The number of anilines is 1. The monoisotopic (exact) mass is 272 g/mol. The normalized spacial score (nSPS) is 10.6. The number of hydrogen-bond donors (Lipinski definition) is 1. The number of aromatic nitrogens is 1. The lowest BCUT2D eigenvalue weighted by Crippen LogP contribution is -2.12. The zero-order valence-corrected chi connectivity index (χ0v) is 10.5. The molecule has 94 valence electrons. The highest BCUT2D eigenvalue weighted by Gasteiger charge is 2.10. The zero-order chi connectivity index (χ0) is 13.2. The Hall–Kier alpha value is -2.33. The third-order valence-corrected chi connectivity index (χ3v) is 3.04. The van der Waals surface area contributed by atoms with Crippen molar-refractivity contribution in [3.63, 3.8) is 0 Å². The van der Waals surface area contributed by atoms with Gasteiger partial charge in [0.1, 0.15) is 5.52 Å². The van der Waals surface area contributed by atoms with Crippen LogP contribution in [0.2, 0.25) is 5.02 Å². The van der Waals surface area contributed by atoms with Crippen LogP contribution in [0.3, 0.4) is 0 Å². The molecule has 0 fully saturated rings. The Kier molecular flexibility index (Phi) is 2.93. The Bertz CT molecular complexity index is 752. The molecule has 3 rings (SSSR count). The van der Waals surface area contributed by atoms with E-state index in [2.05, 4.69) is 10.3 Å². The van der Waals surface area contributed by atoms with Gasteiger partial charge >= 0.3 is 0 Å². The molecule has 1 heterocycles. The van der Waals surface area contributed by atoms with Gasteiger partial charge in [-0.05, 0) is 24.3 Å². The van der Waals surface area contributed by atoms with Gasteiger partial charge in [-0.2, -0.15) is 0 Å². The summed E-state index contributed by atoms with van der Waals surface area (Å²) in [4.78, 5) is 16.1. The van der Waals surface area contributed by atoms with E-state index in [1.54, 1.807) is 42.5 Å². The second kappa shape index (κ2) is 4.74. The van der Waals surface area contributed by atoms with Crippen molar-refractivity contribution in [3.05, 3.63) is 59.4 Å². The van der Waals surface area contributed by atoms with Crippen molar-refractivity contribution >= 4 is 34.3 Å². The van der Waals surface area contributed by atoms with Crippen LogP contribution in [-0.2, 0) is 0 Å². The Morgan fingerprint density at radius 3 is 2.89 bits per heavy atom. The molecule has 1 amide bonds. The average Bonchev–Trinajstić information content (AvgIpc) is 2.86. The van der Waals surface area contributed by atoms with Crippen LogP contribution >= 0.6 is 11.6 Å². The first-order valence-corrected chi connectivity index (χ1v) is 6.01. The topological polar surface area (TPSA) is 55.1 Å². The molecule has 1 N–H and O–H groups in total. The molecule has 0 saturated heterocycles. The molecule has 0 radical (unpaired) electrons. The van der Waals surface area contributed by atoms with E-state index in [1.165, 1.54) is 6.39 Å². The number of amides is 1. The highest BCUT2D eigenvalue weighted by molar-refractivity contribution is 6.34. The van der Waals surface area contributed by atoms with Gasteiger partial charge in [-0.15, -0.1) is 0 Å². The number of oxazole rings is 1. The first kappa shape index (κ1) is 11.7. The van der Waals surface area contributed by atoms with Crippen LogP contribution in [0.4, 0.5) is 5.69 Å². The van der Waals surface area contributed by atoms with Gasteiger partial charge < -0.3 is 9.73 Å². The van der Waals surface area contributed by atoms with E-state index < -0.39 is 0 Å². The van der Waals surface area contributed by atoms with Gasteiger partial charge in [0, 0.05) is 11.8 Å². The molecule has 2 aromatic carbocycles. The highest BCUT2D eigenvalue weighted by Crippen LogP contribution is 2.20. The molecular weight excluding hydrogens is 264 g/mol. The van der Waals surface area contributed by atoms with Crippen LogP contribution in [-0.4, -0.2) is 10.9 Å². The molecule has 3 aromatic rings. The van der Waals surface area contributed by atoms with Gasteiger partial charge in [0.05, 0.1) is 10.6 Å². The van der Waals surface area contributed by atoms with Crippen LogP contribution in [0.25, 0.3) is 11.1 Å². The summed E-state index contributed by atoms with van der Waals surface area (Å²) in [5.41, 5.74) is 2.43. The van der Waals surface area contributed by atoms with Gasteiger partial charge in [-0.1, -0.05) is 23.7 Å². The number of carbonyl (C=O) groups excluding carboxylic acids is 1. The van der Waals surface area contributed by atoms with Crippen LogP contribution < -0.4 is 5.32 Å². The maximum atomic E-state index is 12.1. The van der Waals surface area contributed by atoms with E-state index in [4.69, 9.17) is 16.0 Å². The zero-order valence-electron chi connectivity index (χ0n) is 9.76. The van der Waals surface area contributed by atoms with E-state index in [-0.39, 0.29) is 5.91 Å². The molecule has 0 bridgehead atoms. The lowest BCUT2D eigenvalue weighted by molar-refractivity contribution is 0.102. The second-order valence-electron chi connectivity index (χ2n) is 3.97. The lowest BCUT2D eigenvalue weighted by atomic mass is 10.2. The van der Waals surface area contributed by atoms with Crippen LogP contribution in [0.1, 0.15) is 10.4 Å². The largest absolute Gasteiger partial charge is 0.443 e. The first-order valence-electron chi connectivity index (χ1n) is 5.63. The number of carbonyl (C=O) groups is 1. The van der Waals surface area contributed by atoms with Gasteiger partial charge in [-0.25, -0.2) is 4.98 Å². The Morgan fingerprint density at radius 2 is 2.05 bits per heavy atom. The summed E-state index contributed by atoms with van der Waals surface area (Å²) in [6.45, 7) is 0. The number of halogens is 1. The smallest absolute Gasteiger partial charge is 0.257 e. The summed E-state index contributed by atoms with van der Waals surface area (Å²) >= 11 is 5.97. The SMILES string of the molecule is O=C(Nc1ccc2ncoc2c1)c1ccccc1Cl. The van der Waals surface area contributed by atoms with E-state index in [9.17, 15) is 4.79 Å². The predicted octanol–water partition coefficient (Wildman–Crippen LogP) is 3.73. The average molecular weight is 273 g/mol. The molecule has 0 atom stereocenters. The fraction of sp³-hybridized carbons (Fsp3) is 0. The van der Waals surface area contributed by atoms with E-state index in [1.807, 2.05) is 0 Å². The fourth-order valence-corrected chi connectivity index (χ4v) is 2.00. The summed E-state index contributed by atoms with van der Waals surface area (Å²) in [6.07, 6.45) is 1.37. The van der Waals surface area contributed by atoms with Gasteiger partial charge in [0.2, 0.25) is 0 Å². The minimum atomic E-state index is -0.260. The Balaban J connectivity index is 1.88. The Morgan fingerprint density at radius 1 is 1.21 bits per heavy atom. The molecule has 4 nitrogen and oxygen atoms in total. The molecule has 0 unspecified atom stereocenters. The number of hydrogen-bond acceptors (Lipinski definition) is 3. The van der Waals surface area contributed by atoms with Gasteiger partial charge in [0.25, 0.3) is 5.91 Å². The number of fused-ring (bicyclic) bond motifs is 1. The van der Waals surface area contributed by atoms with Crippen molar-refractivity contribution < 1.29 is 9.21 Å². The molecule has 0 aliphatic heterocycles. The third kappa shape index (κ3) is 2.30. The van der Waals surface area contributed by atoms with Crippen LogP contribution in [0.15, 0.2) is 53.3 Å². The van der Waals surface area contributed by atoms with Crippen molar-refractivity contribution in [2.24, 2.45) is 0 Å². The first-order chi connectivity index (χ1) is 9.24. The van der Waals surface area contributed by atoms with E-state index in [0.717, 1.165) is 5.52 Å². The van der Waals surface area contributed by atoms with Gasteiger partial charge in [0.15, 0.2) is 12.0 Å². The minimum Gasteiger partial charge on any atom is -0.443 e. The van der Waals surface area contributed by atoms with Crippen molar-refractivity contribution in [2.45, 2.75) is 0 Å². The van der Waals surface area contributed by atoms with E-state index in [0.29, 0.717) is 21.9 Å². The fourth-order valence-electron chi connectivity index (χ4n) is 1.78. The molecule has 5 heteroatoms. The predicted molar refractivity (Wildman–Crippen MR) is 73.4 cm³/mol. The quantitative estimate of drug-likeness (QED) is 0.773. The summed E-state index contributed by atoms with van der Waals surface area (Å²) in [6, 6.07) is 12.2. The lowest BCUT2D eigenvalue weighted by Gasteiger charge is -2.06. The summed E-state index contributed by atoms with van der Waals surface area (Å²) in [5.74, 6) is -0.260. The number of rotatable bonds is 2. The number of nitrogens with one attached hydrogen (secondary N) is 1. The second-order valence-corrected chi connectivity index (χ2v) is 4.38. The van der Waals surface area contributed by atoms with Crippen LogP contribution in [0, 0.1) is 0 Å². The minimum absolute atomic E-state index is 0.260. The molecule has 0 aliphatic carbocycles. The van der Waals surface area contributed by atoms with Gasteiger partial charge in [-0.3, -0.25) is 4.79 Å². The number of benzene rings is 2. The molecule has 0 spiro atoms. The molecule has 0 saturated carbocycles. The van der Waals surface area contributed by atoms with Crippen molar-refractivity contribution in [1.82, 2.24) is 4.98 Å². The summed E-state index contributed by atoms with van der Waals surface area (Å²) in [5, 5.41) is 3.19. The Labute approximate surface area is 114 Å². The van der Waals surface area contributed by atoms with Crippen molar-refractivity contribution in [3.8, 4) is 0 Å². The third-order valence-electron chi connectivity index (χ3n) is 2.71. The maximum absolute atomic E-state index is 12.1. The highest BCUT2D eigenvalue weighted by atomic mass is 35.5.